The van der Waals surface area contributed by atoms with Crippen molar-refractivity contribution < 1.29 is 38.0 Å². The summed E-state index contributed by atoms with van der Waals surface area (Å²) in [6.07, 6.45) is 15.8. The topological polar surface area (TPSA) is 89.5 Å². The predicted molar refractivity (Wildman–Crippen MR) is 217 cm³/mol. The SMILES string of the molecule is COC(=O)c1ccc(/C=C/c2cc(OC)c(/C=C/c3cccc(/C=C/c4cc(OC)c(/C=C/c5ccc(C(=O)OC)cc5)cc4OC)c3)cc2OC)cc1. The molecule has 0 aliphatic heterocycles. The molecule has 0 saturated carbocycles. The van der Waals surface area contributed by atoms with Crippen molar-refractivity contribution in [2.24, 2.45) is 0 Å². The summed E-state index contributed by atoms with van der Waals surface area (Å²) in [5.74, 6) is 2.02. The summed E-state index contributed by atoms with van der Waals surface area (Å²) in [5.41, 5.74) is 8.24. The Bertz CT molecular complexity index is 2050. The number of methoxy groups -OCH3 is 6. The highest BCUT2D eigenvalue weighted by atomic mass is 16.5. The molecule has 0 heterocycles. The van der Waals surface area contributed by atoms with Gasteiger partial charge in [0, 0.05) is 22.3 Å². The first kappa shape index (κ1) is 38.4. The van der Waals surface area contributed by atoms with Gasteiger partial charge in [-0.2, -0.15) is 0 Å². The quantitative estimate of drug-likeness (QED) is 0.0827. The molecule has 274 valence electrons. The van der Waals surface area contributed by atoms with Crippen LogP contribution >= 0.6 is 0 Å². The fourth-order valence-electron chi connectivity index (χ4n) is 5.62. The lowest BCUT2D eigenvalue weighted by molar-refractivity contribution is 0.0592. The molecule has 0 fully saturated rings. The van der Waals surface area contributed by atoms with Crippen LogP contribution in [-0.2, 0) is 9.47 Å². The minimum absolute atomic E-state index is 0.374. The van der Waals surface area contributed by atoms with E-state index in [4.69, 9.17) is 28.4 Å². The van der Waals surface area contributed by atoms with Gasteiger partial charge in [-0.1, -0.05) is 91.1 Å². The third-order valence-corrected chi connectivity index (χ3v) is 8.56. The Balaban J connectivity index is 1.32. The van der Waals surface area contributed by atoms with Crippen molar-refractivity contribution in [3.8, 4) is 23.0 Å². The number of benzene rings is 5. The summed E-state index contributed by atoms with van der Waals surface area (Å²) in [5, 5.41) is 0. The van der Waals surface area contributed by atoms with Crippen molar-refractivity contribution in [3.63, 3.8) is 0 Å². The van der Waals surface area contributed by atoms with Gasteiger partial charge in [-0.3, -0.25) is 0 Å². The van der Waals surface area contributed by atoms with Gasteiger partial charge < -0.3 is 28.4 Å². The van der Waals surface area contributed by atoms with E-state index in [2.05, 4.69) is 6.07 Å². The number of rotatable bonds is 14. The van der Waals surface area contributed by atoms with E-state index in [1.54, 1.807) is 52.7 Å². The Labute approximate surface area is 316 Å². The van der Waals surface area contributed by atoms with E-state index in [0.717, 1.165) is 44.5 Å². The maximum atomic E-state index is 11.8. The van der Waals surface area contributed by atoms with E-state index in [0.29, 0.717) is 34.1 Å². The van der Waals surface area contributed by atoms with Crippen LogP contribution in [0.15, 0.2) is 97.1 Å². The predicted octanol–water partition coefficient (Wildman–Crippen LogP) is 9.98. The number of esters is 2. The van der Waals surface area contributed by atoms with E-state index in [1.807, 2.05) is 115 Å². The third kappa shape index (κ3) is 9.74. The lowest BCUT2D eigenvalue weighted by atomic mass is 10.0. The molecular weight excluding hydrogens is 680 g/mol. The first-order valence-electron chi connectivity index (χ1n) is 17.0. The van der Waals surface area contributed by atoms with Crippen molar-refractivity contribution >= 4 is 60.5 Å². The zero-order valence-electron chi connectivity index (χ0n) is 31.1. The largest absolute Gasteiger partial charge is 0.496 e. The summed E-state index contributed by atoms with van der Waals surface area (Å²) in [7, 11) is 9.28. The Kier molecular flexibility index (Phi) is 13.3. The van der Waals surface area contributed by atoms with Gasteiger partial charge in [0.05, 0.1) is 53.8 Å². The zero-order chi connectivity index (χ0) is 38.5. The fourth-order valence-corrected chi connectivity index (χ4v) is 5.62. The number of carbonyl (C=O) groups excluding carboxylic acids is 2. The molecule has 0 unspecified atom stereocenters. The number of hydrogen-bond acceptors (Lipinski definition) is 8. The monoisotopic (exact) mass is 722 g/mol. The van der Waals surface area contributed by atoms with Crippen LogP contribution in [0.3, 0.4) is 0 Å². The third-order valence-electron chi connectivity index (χ3n) is 8.56. The van der Waals surface area contributed by atoms with Gasteiger partial charge in [0.25, 0.3) is 0 Å². The van der Waals surface area contributed by atoms with Crippen molar-refractivity contribution in [2.75, 3.05) is 42.7 Å². The molecule has 0 atom stereocenters. The van der Waals surface area contributed by atoms with Crippen LogP contribution in [0.25, 0.3) is 48.6 Å². The molecule has 0 aromatic heterocycles. The fraction of sp³-hybridized carbons (Fsp3) is 0.130. The molecule has 8 nitrogen and oxygen atoms in total. The molecule has 5 aromatic rings. The van der Waals surface area contributed by atoms with E-state index >= 15 is 0 Å². The summed E-state index contributed by atoms with van der Waals surface area (Å²) in [6.45, 7) is 0. The van der Waals surface area contributed by atoms with Crippen molar-refractivity contribution in [1.29, 1.82) is 0 Å². The van der Waals surface area contributed by atoms with Crippen LogP contribution in [0, 0.1) is 0 Å². The van der Waals surface area contributed by atoms with Crippen molar-refractivity contribution in [3.05, 3.63) is 153 Å². The summed E-state index contributed by atoms with van der Waals surface area (Å²) in [6, 6.07) is 30.3. The molecule has 5 aromatic carbocycles. The van der Waals surface area contributed by atoms with Crippen LogP contribution in [0.1, 0.15) is 65.2 Å². The van der Waals surface area contributed by atoms with Gasteiger partial charge in [0.1, 0.15) is 23.0 Å². The highest BCUT2D eigenvalue weighted by molar-refractivity contribution is 5.90. The Morgan fingerprint density at radius 1 is 0.370 bits per heavy atom. The molecule has 5 rings (SSSR count). The molecule has 0 bridgehead atoms. The van der Waals surface area contributed by atoms with Gasteiger partial charge in [-0.05, 0) is 76.9 Å². The molecule has 0 aliphatic carbocycles. The molecule has 0 spiro atoms. The van der Waals surface area contributed by atoms with Crippen molar-refractivity contribution in [2.45, 2.75) is 0 Å². The Hall–Kier alpha value is -6.80. The maximum absolute atomic E-state index is 11.8. The van der Waals surface area contributed by atoms with E-state index in [1.165, 1.54) is 14.2 Å². The Morgan fingerprint density at radius 2 is 0.667 bits per heavy atom. The lowest BCUT2D eigenvalue weighted by Gasteiger charge is -2.11. The van der Waals surface area contributed by atoms with E-state index in [-0.39, 0.29) is 11.9 Å². The number of ether oxygens (including phenoxy) is 6. The summed E-state index contributed by atoms with van der Waals surface area (Å²) >= 11 is 0. The van der Waals surface area contributed by atoms with Gasteiger partial charge in [-0.25, -0.2) is 9.59 Å². The Morgan fingerprint density at radius 3 is 0.944 bits per heavy atom. The first-order chi connectivity index (χ1) is 26.3. The minimum atomic E-state index is -0.374. The highest BCUT2D eigenvalue weighted by Gasteiger charge is 2.11. The highest BCUT2D eigenvalue weighted by Crippen LogP contribution is 2.33. The molecule has 0 amide bonds. The number of carbonyl (C=O) groups is 2. The molecule has 0 saturated heterocycles. The minimum Gasteiger partial charge on any atom is -0.496 e. The van der Waals surface area contributed by atoms with Gasteiger partial charge in [0.15, 0.2) is 0 Å². The zero-order valence-corrected chi connectivity index (χ0v) is 31.1. The van der Waals surface area contributed by atoms with Crippen molar-refractivity contribution in [1.82, 2.24) is 0 Å². The van der Waals surface area contributed by atoms with Gasteiger partial charge in [-0.15, -0.1) is 0 Å². The van der Waals surface area contributed by atoms with E-state index < -0.39 is 0 Å². The average molecular weight is 723 g/mol. The van der Waals surface area contributed by atoms with Crippen LogP contribution in [-0.4, -0.2) is 54.6 Å². The number of hydrogen-bond donors (Lipinski definition) is 0. The normalized spacial score (nSPS) is 11.4. The molecular formula is C46H42O8. The second-order valence-corrected chi connectivity index (χ2v) is 11.9. The smallest absolute Gasteiger partial charge is 0.337 e. The summed E-state index contributed by atoms with van der Waals surface area (Å²) in [4.78, 5) is 23.5. The first-order valence-corrected chi connectivity index (χ1v) is 17.0. The molecule has 0 aliphatic rings. The lowest BCUT2D eigenvalue weighted by Crippen LogP contribution is -2.00. The maximum Gasteiger partial charge on any atom is 0.337 e. The van der Waals surface area contributed by atoms with Crippen LogP contribution in [0.5, 0.6) is 23.0 Å². The molecule has 54 heavy (non-hydrogen) atoms. The molecule has 8 heteroatoms. The van der Waals surface area contributed by atoms with Crippen LogP contribution in [0.2, 0.25) is 0 Å². The van der Waals surface area contributed by atoms with Crippen LogP contribution < -0.4 is 18.9 Å². The standard InChI is InChI=1S/C46H42O8/c1-49-41-29-39(43(51-3)27-37(41)22-14-31-10-18-35(19-11-31)45(47)53-5)24-16-33-8-7-9-34(26-33)17-25-40-30-42(50-2)38(28-44(40)52-4)23-15-32-12-20-36(21-13-32)46(48)54-6/h7-30H,1-6H3/b22-14+,23-15+,24-16+,25-17+. The second kappa shape index (κ2) is 18.6. The molecule has 0 N–H and O–H groups in total. The van der Waals surface area contributed by atoms with Gasteiger partial charge in [0.2, 0.25) is 0 Å². The van der Waals surface area contributed by atoms with E-state index in [9.17, 15) is 9.59 Å². The molecule has 0 radical (unpaired) electrons. The second-order valence-electron chi connectivity index (χ2n) is 11.9. The average Bonchev–Trinajstić information content (AvgIpc) is 3.22. The summed E-state index contributed by atoms with van der Waals surface area (Å²) < 4.78 is 32.5. The van der Waals surface area contributed by atoms with Crippen LogP contribution in [0.4, 0.5) is 0 Å². The van der Waals surface area contributed by atoms with Gasteiger partial charge >= 0.3 is 11.9 Å².